The Hall–Kier alpha value is -4.21. The highest BCUT2D eigenvalue weighted by Crippen LogP contribution is 2.65. The average Bonchev–Trinajstić information content (AvgIpc) is 3.36. The molecule has 2 aliphatic heterocycles. The van der Waals surface area contributed by atoms with E-state index in [1.54, 1.807) is 43.3 Å². The minimum Gasteiger partial charge on any atom is -0.508 e. The van der Waals surface area contributed by atoms with E-state index in [1.807, 2.05) is 6.08 Å². The maximum Gasteiger partial charge on any atom is 0.258 e. The number of phenols is 2. The summed E-state index contributed by atoms with van der Waals surface area (Å²) in [6.07, 6.45) is 2.30. The zero-order chi connectivity index (χ0) is 32.7. The number of likely N-dealkylation sites (tertiary alicyclic amines) is 1. The number of anilines is 1. The van der Waals surface area contributed by atoms with Crippen LogP contribution in [0.3, 0.4) is 0 Å². The number of alkyl halides is 2. The van der Waals surface area contributed by atoms with Crippen LogP contribution in [0.25, 0.3) is 0 Å². The highest BCUT2D eigenvalue weighted by molar-refractivity contribution is 6.58. The number of phenolic OH excluding ortho intramolecular Hbond substituents is 2. The molecule has 3 aromatic rings. The van der Waals surface area contributed by atoms with Crippen LogP contribution in [0, 0.1) is 30.5 Å². The quantitative estimate of drug-likeness (QED) is 0.216. The van der Waals surface area contributed by atoms with Gasteiger partial charge < -0.3 is 10.2 Å². The van der Waals surface area contributed by atoms with Gasteiger partial charge in [0, 0.05) is 12.5 Å². The van der Waals surface area contributed by atoms with Crippen LogP contribution in [0.4, 0.5) is 10.1 Å². The Morgan fingerprint density at radius 1 is 0.891 bits per heavy atom. The summed E-state index contributed by atoms with van der Waals surface area (Å²) in [6.45, 7) is 1.83. The van der Waals surface area contributed by atoms with Crippen LogP contribution in [0.5, 0.6) is 11.5 Å². The third-order valence-electron chi connectivity index (χ3n) is 10.1. The Kier molecular flexibility index (Phi) is 7.06. The van der Waals surface area contributed by atoms with Gasteiger partial charge in [0.1, 0.15) is 17.3 Å². The van der Waals surface area contributed by atoms with Gasteiger partial charge in [-0.05, 0) is 91.3 Å². The molecule has 1 saturated carbocycles. The first kappa shape index (κ1) is 30.4. The van der Waals surface area contributed by atoms with Crippen molar-refractivity contribution in [3.63, 3.8) is 0 Å². The number of hydrogen-bond donors (Lipinski definition) is 2. The molecule has 2 saturated heterocycles. The molecule has 6 atom stereocenters. The molecule has 46 heavy (non-hydrogen) atoms. The topological polar surface area (TPSA) is 115 Å². The highest BCUT2D eigenvalue weighted by atomic mass is 35.5. The number of aromatic hydroxyl groups is 2. The van der Waals surface area contributed by atoms with Crippen molar-refractivity contribution in [2.24, 2.45) is 17.8 Å². The molecule has 11 heteroatoms. The van der Waals surface area contributed by atoms with Gasteiger partial charge in [-0.15, -0.1) is 23.2 Å². The SMILES string of the molecule is Cc1cc([C@H]2C3=CC[C@@H]4C(=O)N(CCc5ccc(O)cc5)C(=O)[C@@H]4[C@@H]3C[C@@]3(Cl)C(=O)N(c4ccc(F)cc4)C(=O)[C@@]23Cl)ccc1O. The summed E-state index contributed by atoms with van der Waals surface area (Å²) < 4.78 is 13.8. The lowest BCUT2D eigenvalue weighted by Crippen LogP contribution is -2.60. The van der Waals surface area contributed by atoms with Gasteiger partial charge in [0.05, 0.1) is 17.5 Å². The molecule has 2 N–H and O–H groups in total. The van der Waals surface area contributed by atoms with Gasteiger partial charge in [0.25, 0.3) is 11.8 Å². The summed E-state index contributed by atoms with van der Waals surface area (Å²) in [7, 11) is 0. The highest BCUT2D eigenvalue weighted by Gasteiger charge is 2.76. The Morgan fingerprint density at radius 2 is 1.59 bits per heavy atom. The van der Waals surface area contributed by atoms with E-state index in [0.29, 0.717) is 23.1 Å². The molecule has 2 aliphatic carbocycles. The summed E-state index contributed by atoms with van der Waals surface area (Å²) in [4.78, 5) is 54.5. The van der Waals surface area contributed by atoms with Crippen molar-refractivity contribution in [3.05, 3.63) is 101 Å². The average molecular weight is 664 g/mol. The standard InChI is InChI=1S/C35H29Cl2FN2O6/c1-18-16-20(4-13-27(18)42)29-24-11-12-25-28(31(44)39(30(25)43)15-14-19-2-9-23(41)10-3-19)26(24)17-34(36)32(45)40(33(46)35(29,34)37)22-7-5-21(38)6-8-22/h2-11,13,16,25-26,28-29,41-42H,12,14-15,17H2,1H3/t25-,26+,28-,29-,34+,35-/m0/s1. The second kappa shape index (κ2) is 10.7. The normalized spacial score (nSPS) is 30.3. The number of fused-ring (bicyclic) bond motifs is 4. The predicted octanol–water partition coefficient (Wildman–Crippen LogP) is 5.35. The van der Waals surface area contributed by atoms with E-state index < -0.39 is 51.1 Å². The lowest BCUT2D eigenvalue weighted by Gasteiger charge is -2.50. The zero-order valence-electron chi connectivity index (χ0n) is 24.6. The van der Waals surface area contributed by atoms with Gasteiger partial charge in [-0.2, -0.15) is 0 Å². The third-order valence-corrected chi connectivity index (χ3v) is 11.5. The number of benzene rings is 3. The number of rotatable bonds is 5. The molecule has 8 nitrogen and oxygen atoms in total. The van der Waals surface area contributed by atoms with Crippen LogP contribution >= 0.6 is 23.2 Å². The lowest BCUT2D eigenvalue weighted by molar-refractivity contribution is -0.140. The van der Waals surface area contributed by atoms with Crippen molar-refractivity contribution in [1.29, 1.82) is 0 Å². The van der Waals surface area contributed by atoms with Crippen LogP contribution in [-0.2, 0) is 25.6 Å². The predicted molar refractivity (Wildman–Crippen MR) is 168 cm³/mol. The monoisotopic (exact) mass is 662 g/mol. The fraction of sp³-hybridized carbons (Fsp3) is 0.314. The van der Waals surface area contributed by atoms with Gasteiger partial charge in [-0.1, -0.05) is 35.9 Å². The van der Waals surface area contributed by atoms with E-state index in [0.717, 1.165) is 22.6 Å². The largest absolute Gasteiger partial charge is 0.508 e. The number of hydrogen-bond acceptors (Lipinski definition) is 6. The number of imide groups is 2. The van der Waals surface area contributed by atoms with E-state index in [2.05, 4.69) is 0 Å². The second-order valence-corrected chi connectivity index (χ2v) is 13.8. The van der Waals surface area contributed by atoms with Crippen molar-refractivity contribution in [3.8, 4) is 11.5 Å². The lowest BCUT2D eigenvalue weighted by atomic mass is 9.56. The number of aryl methyl sites for hydroxylation is 1. The van der Waals surface area contributed by atoms with Crippen LogP contribution in [-0.4, -0.2) is 55.0 Å². The first-order valence-electron chi connectivity index (χ1n) is 15.0. The molecule has 7 rings (SSSR count). The number of carbonyl (C=O) groups is 4. The van der Waals surface area contributed by atoms with Crippen molar-refractivity contribution in [1.82, 2.24) is 4.90 Å². The zero-order valence-corrected chi connectivity index (χ0v) is 26.1. The van der Waals surface area contributed by atoms with Crippen molar-refractivity contribution >= 4 is 52.5 Å². The number of allylic oxidation sites excluding steroid dienone is 2. The van der Waals surface area contributed by atoms with Crippen LogP contribution < -0.4 is 4.90 Å². The Balaban J connectivity index is 1.32. The maximum atomic E-state index is 14.4. The molecule has 0 radical (unpaired) electrons. The third kappa shape index (κ3) is 4.24. The number of amides is 4. The first-order valence-corrected chi connectivity index (χ1v) is 15.8. The first-order chi connectivity index (χ1) is 21.9. The number of halogens is 3. The second-order valence-electron chi connectivity index (χ2n) is 12.5. The molecule has 236 valence electrons. The summed E-state index contributed by atoms with van der Waals surface area (Å²) >= 11 is 14.7. The van der Waals surface area contributed by atoms with Crippen molar-refractivity contribution in [2.45, 2.75) is 41.9 Å². The molecular formula is C35H29Cl2FN2O6. The van der Waals surface area contributed by atoms with Gasteiger partial charge in [-0.25, -0.2) is 9.29 Å². The summed E-state index contributed by atoms with van der Waals surface area (Å²) in [5.74, 6) is -5.85. The van der Waals surface area contributed by atoms with E-state index in [1.165, 1.54) is 23.1 Å². The Labute approximate surface area is 274 Å². The Morgan fingerprint density at radius 3 is 2.26 bits per heavy atom. The van der Waals surface area contributed by atoms with Gasteiger partial charge in [-0.3, -0.25) is 24.1 Å². The van der Waals surface area contributed by atoms with Crippen molar-refractivity contribution < 1.29 is 33.8 Å². The van der Waals surface area contributed by atoms with Crippen molar-refractivity contribution in [2.75, 3.05) is 11.4 Å². The Bertz CT molecular complexity index is 1850. The molecule has 4 amide bonds. The van der Waals surface area contributed by atoms with Crippen LogP contribution in [0.2, 0.25) is 0 Å². The van der Waals surface area contributed by atoms with Gasteiger partial charge in [0.2, 0.25) is 11.8 Å². The van der Waals surface area contributed by atoms with Crippen LogP contribution in [0.1, 0.15) is 35.4 Å². The van der Waals surface area contributed by atoms with Crippen LogP contribution in [0.15, 0.2) is 78.4 Å². The van der Waals surface area contributed by atoms with E-state index in [4.69, 9.17) is 23.2 Å². The molecule has 3 aromatic carbocycles. The van der Waals surface area contributed by atoms with E-state index >= 15 is 0 Å². The van der Waals surface area contributed by atoms with E-state index in [-0.39, 0.29) is 48.4 Å². The fourth-order valence-electron chi connectivity index (χ4n) is 7.82. The molecule has 0 aromatic heterocycles. The minimum atomic E-state index is -2.04. The summed E-state index contributed by atoms with van der Waals surface area (Å²) in [5, 5.41) is 19.9. The smallest absolute Gasteiger partial charge is 0.258 e. The summed E-state index contributed by atoms with van der Waals surface area (Å²) in [5.41, 5.74) is 2.62. The molecule has 0 spiro atoms. The summed E-state index contributed by atoms with van der Waals surface area (Å²) in [6, 6.07) is 16.2. The molecule has 3 fully saturated rings. The van der Waals surface area contributed by atoms with E-state index in [9.17, 15) is 33.8 Å². The molecule has 0 unspecified atom stereocenters. The molecule has 4 aliphatic rings. The molecular weight excluding hydrogens is 634 g/mol. The fourth-order valence-corrected chi connectivity index (χ4v) is 8.76. The van der Waals surface area contributed by atoms with Gasteiger partial charge >= 0.3 is 0 Å². The van der Waals surface area contributed by atoms with Gasteiger partial charge in [0.15, 0.2) is 9.75 Å². The number of nitrogens with zero attached hydrogens (tertiary/aromatic N) is 2. The molecule has 0 bridgehead atoms. The maximum absolute atomic E-state index is 14.4. The minimum absolute atomic E-state index is 0.0251. The molecule has 2 heterocycles. The number of carbonyl (C=O) groups excluding carboxylic acids is 4.